The first-order chi connectivity index (χ1) is 8.66. The number of hydrogen-bond acceptors (Lipinski definition) is 3. The molecule has 0 aliphatic carbocycles. The molecule has 3 rings (SSSR count). The van der Waals surface area contributed by atoms with E-state index in [4.69, 9.17) is 16.1 Å². The fourth-order valence-corrected chi connectivity index (χ4v) is 2.16. The number of para-hydroxylation sites is 1. The lowest BCUT2D eigenvalue weighted by Crippen LogP contribution is -1.98. The summed E-state index contributed by atoms with van der Waals surface area (Å²) >= 11 is 6.10. The molecule has 0 fully saturated rings. The number of fused-ring (bicyclic) bond motifs is 1. The second-order valence-corrected chi connectivity index (χ2v) is 4.37. The Hall–Kier alpha value is -2.07. The predicted molar refractivity (Wildman–Crippen MR) is 71.3 cm³/mol. The van der Waals surface area contributed by atoms with E-state index >= 15 is 0 Å². The van der Waals surface area contributed by atoms with Crippen LogP contribution in [0.4, 0.5) is 5.69 Å². The van der Waals surface area contributed by atoms with Crippen LogP contribution in [0.2, 0.25) is 0 Å². The third-order valence-electron chi connectivity index (χ3n) is 2.84. The first-order valence-corrected chi connectivity index (χ1v) is 5.78. The van der Waals surface area contributed by atoms with E-state index in [1.165, 1.54) is 0 Å². The summed E-state index contributed by atoms with van der Waals surface area (Å²) in [5.41, 5.74) is 3.20. The number of hydrogen-bond donors (Lipinski definition) is 1. The van der Waals surface area contributed by atoms with Crippen molar-refractivity contribution in [3.8, 4) is 0 Å². The van der Waals surface area contributed by atoms with Crippen molar-refractivity contribution in [3.63, 3.8) is 0 Å². The van der Waals surface area contributed by atoms with Crippen molar-refractivity contribution < 1.29 is 4.52 Å². The number of halogens is 1. The molecule has 1 aromatic carbocycles. The molecule has 4 nitrogen and oxygen atoms in total. The molecule has 1 N–H and O–H groups in total. The van der Waals surface area contributed by atoms with Crippen molar-refractivity contribution in [3.05, 3.63) is 51.5 Å². The molecule has 0 saturated heterocycles. The average Bonchev–Trinajstić information content (AvgIpc) is 2.84. The summed E-state index contributed by atoms with van der Waals surface area (Å²) in [6.07, 6.45) is 1.70. The highest BCUT2D eigenvalue weighted by Crippen LogP contribution is 2.36. The third-order valence-corrected chi connectivity index (χ3v) is 3.13. The minimum Gasteiger partial charge on any atom is -0.338 e. The van der Waals surface area contributed by atoms with Crippen molar-refractivity contribution in [1.82, 2.24) is 5.16 Å². The molecule has 0 unspecified atom stereocenters. The van der Waals surface area contributed by atoms with Crippen LogP contribution in [-0.2, 0) is 0 Å². The maximum Gasteiger partial charge on any atom is 0.364 e. The Morgan fingerprint density at radius 2 is 2.17 bits per heavy atom. The monoisotopic (exact) mass is 260 g/mol. The normalized spacial score (nSPS) is 15.9. The number of allylic oxidation sites excluding steroid dienone is 1. The van der Waals surface area contributed by atoms with E-state index in [9.17, 15) is 4.79 Å². The van der Waals surface area contributed by atoms with E-state index < -0.39 is 5.63 Å². The molecule has 0 saturated carbocycles. The molecule has 2 heterocycles. The Kier molecular flexibility index (Phi) is 2.45. The lowest BCUT2D eigenvalue weighted by atomic mass is 10.0. The fraction of sp³-hybridized carbons (Fsp3) is 0.0769. The Labute approximate surface area is 108 Å². The van der Waals surface area contributed by atoms with Crippen LogP contribution in [0.15, 0.2) is 38.6 Å². The number of H-pyrrole nitrogens is 1. The standard InChI is InChI=1S/C13H9ClN2O2/c1-7-9(13(17)18-16-7)6-10-8-4-2-3-5-11(8)15-12(10)14/h2-6,16H,1H3. The van der Waals surface area contributed by atoms with Crippen LogP contribution < -0.4 is 5.63 Å². The number of rotatable bonds is 1. The van der Waals surface area contributed by atoms with Gasteiger partial charge in [-0.1, -0.05) is 29.8 Å². The van der Waals surface area contributed by atoms with Crippen LogP contribution in [0.3, 0.4) is 0 Å². The van der Waals surface area contributed by atoms with Crippen LogP contribution >= 0.6 is 11.6 Å². The van der Waals surface area contributed by atoms with Gasteiger partial charge in [-0.05, 0) is 19.1 Å². The lowest BCUT2D eigenvalue weighted by molar-refractivity contribution is 0.387. The maximum atomic E-state index is 11.5. The molecule has 0 atom stereocenters. The van der Waals surface area contributed by atoms with Crippen LogP contribution in [0.1, 0.15) is 16.8 Å². The minimum atomic E-state index is -0.408. The summed E-state index contributed by atoms with van der Waals surface area (Å²) in [6, 6.07) is 7.60. The smallest absolute Gasteiger partial charge is 0.338 e. The van der Waals surface area contributed by atoms with Crippen molar-refractivity contribution in [2.75, 3.05) is 0 Å². The van der Waals surface area contributed by atoms with Crippen LogP contribution in [-0.4, -0.2) is 10.3 Å². The Morgan fingerprint density at radius 1 is 1.39 bits per heavy atom. The van der Waals surface area contributed by atoms with Crippen LogP contribution in [0.25, 0.3) is 11.6 Å². The molecule has 0 spiro atoms. The Morgan fingerprint density at radius 3 is 2.89 bits per heavy atom. The van der Waals surface area contributed by atoms with E-state index in [0.717, 1.165) is 16.8 Å². The van der Waals surface area contributed by atoms with Gasteiger partial charge in [0.15, 0.2) is 0 Å². The van der Waals surface area contributed by atoms with Gasteiger partial charge in [-0.25, -0.2) is 14.9 Å². The lowest BCUT2D eigenvalue weighted by Gasteiger charge is -1.99. The molecule has 18 heavy (non-hydrogen) atoms. The minimum absolute atomic E-state index is 0.385. The van der Waals surface area contributed by atoms with Gasteiger partial charge in [-0.15, -0.1) is 0 Å². The van der Waals surface area contributed by atoms with Crippen LogP contribution in [0.5, 0.6) is 0 Å². The van der Waals surface area contributed by atoms with Gasteiger partial charge in [0, 0.05) is 11.1 Å². The largest absolute Gasteiger partial charge is 0.364 e. The molecular weight excluding hydrogens is 252 g/mol. The summed E-state index contributed by atoms with van der Waals surface area (Å²) in [5, 5.41) is 2.92. The number of benzene rings is 1. The zero-order valence-electron chi connectivity index (χ0n) is 9.53. The highest BCUT2D eigenvalue weighted by atomic mass is 35.5. The van der Waals surface area contributed by atoms with Gasteiger partial charge in [0.1, 0.15) is 5.17 Å². The number of aliphatic imine (C=N–C) groups is 1. The number of nitrogens with one attached hydrogen (secondary N) is 1. The van der Waals surface area contributed by atoms with Crippen LogP contribution in [0, 0.1) is 6.92 Å². The molecule has 0 amide bonds. The third kappa shape index (κ3) is 1.62. The first-order valence-electron chi connectivity index (χ1n) is 5.40. The molecule has 1 aliphatic heterocycles. The van der Waals surface area contributed by atoms with Gasteiger partial charge in [0.25, 0.3) is 0 Å². The first kappa shape index (κ1) is 11.0. The molecule has 90 valence electrons. The van der Waals surface area contributed by atoms with Gasteiger partial charge in [-0.2, -0.15) is 0 Å². The Balaban J connectivity index is 2.20. The van der Waals surface area contributed by atoms with Gasteiger partial charge in [0.05, 0.1) is 16.9 Å². The second kappa shape index (κ2) is 3.99. The van der Waals surface area contributed by atoms with Crippen molar-refractivity contribution in [1.29, 1.82) is 0 Å². The maximum absolute atomic E-state index is 11.5. The summed E-state index contributed by atoms with van der Waals surface area (Å²) in [4.78, 5) is 15.8. The molecule has 0 radical (unpaired) electrons. The summed E-state index contributed by atoms with van der Waals surface area (Å²) in [7, 11) is 0. The molecule has 0 bridgehead atoms. The fourth-order valence-electron chi connectivity index (χ4n) is 1.91. The van der Waals surface area contributed by atoms with Gasteiger partial charge in [0.2, 0.25) is 0 Å². The molecule has 5 heteroatoms. The zero-order valence-corrected chi connectivity index (χ0v) is 10.3. The SMILES string of the molecule is Cc1[nH]oc(=O)c1C=C1C(Cl)=Nc2ccccc21. The van der Waals surface area contributed by atoms with Crippen molar-refractivity contribution in [2.24, 2.45) is 4.99 Å². The molecule has 1 aromatic heterocycles. The number of aromatic nitrogens is 1. The van der Waals surface area contributed by atoms with Crippen molar-refractivity contribution >= 4 is 34.1 Å². The number of aryl methyl sites for hydroxylation is 1. The highest BCUT2D eigenvalue weighted by molar-refractivity contribution is 6.78. The van der Waals surface area contributed by atoms with E-state index in [0.29, 0.717) is 16.4 Å². The van der Waals surface area contributed by atoms with E-state index in [1.54, 1.807) is 13.0 Å². The van der Waals surface area contributed by atoms with E-state index in [-0.39, 0.29) is 0 Å². The number of nitrogens with zero attached hydrogens (tertiary/aromatic N) is 1. The topological polar surface area (TPSA) is 58.4 Å². The van der Waals surface area contributed by atoms with E-state index in [2.05, 4.69) is 10.1 Å². The number of aromatic amines is 1. The van der Waals surface area contributed by atoms with E-state index in [1.807, 2.05) is 24.3 Å². The van der Waals surface area contributed by atoms with Gasteiger partial charge < -0.3 is 4.52 Å². The predicted octanol–water partition coefficient (Wildman–Crippen LogP) is 3.10. The second-order valence-electron chi connectivity index (χ2n) is 4.01. The summed E-state index contributed by atoms with van der Waals surface area (Å²) < 4.78 is 4.72. The summed E-state index contributed by atoms with van der Waals surface area (Å²) in [5.74, 6) is 0. The highest BCUT2D eigenvalue weighted by Gasteiger charge is 2.20. The Bertz CT molecular complexity index is 737. The quantitative estimate of drug-likeness (QED) is 0.856. The summed E-state index contributed by atoms with van der Waals surface area (Å²) in [6.45, 7) is 1.77. The average molecular weight is 261 g/mol. The van der Waals surface area contributed by atoms with Crippen molar-refractivity contribution in [2.45, 2.75) is 6.92 Å². The molecular formula is C13H9ClN2O2. The molecule has 2 aromatic rings. The van der Waals surface area contributed by atoms with Gasteiger partial charge in [-0.3, -0.25) is 0 Å². The zero-order chi connectivity index (χ0) is 12.7. The molecule has 1 aliphatic rings. The van der Waals surface area contributed by atoms with Gasteiger partial charge >= 0.3 is 5.63 Å².